The molecule has 0 atom stereocenters. The van der Waals surface area contributed by atoms with Crippen LogP contribution in [0.4, 0.5) is 20.2 Å². The van der Waals surface area contributed by atoms with Crippen LogP contribution in [0.2, 0.25) is 0 Å². The summed E-state index contributed by atoms with van der Waals surface area (Å²) in [5.74, 6) is -2.30. The molecule has 0 unspecified atom stereocenters. The summed E-state index contributed by atoms with van der Waals surface area (Å²) in [5, 5.41) is 0. The highest BCUT2D eigenvalue weighted by atomic mass is 19.1. The van der Waals surface area contributed by atoms with Gasteiger partial charge in [0.1, 0.15) is 23.0 Å². The third kappa shape index (κ3) is 6.94. The summed E-state index contributed by atoms with van der Waals surface area (Å²) in [6.45, 7) is 8.37. The Kier molecular flexibility index (Phi) is 9.69. The molecule has 10 heteroatoms. The summed E-state index contributed by atoms with van der Waals surface area (Å²) in [4.78, 5) is 49.7. The zero-order valence-electron chi connectivity index (χ0n) is 28.7. The van der Waals surface area contributed by atoms with E-state index in [-0.39, 0.29) is 22.9 Å². The molecule has 0 spiro atoms. The fraction of sp³-hybridized carbons (Fsp3) is 0.220. The fourth-order valence-corrected chi connectivity index (χ4v) is 6.23. The van der Waals surface area contributed by atoms with Crippen molar-refractivity contribution in [3.63, 3.8) is 0 Å². The van der Waals surface area contributed by atoms with Crippen molar-refractivity contribution in [2.24, 2.45) is 0 Å². The van der Waals surface area contributed by atoms with Gasteiger partial charge in [0.2, 0.25) is 0 Å². The van der Waals surface area contributed by atoms with E-state index >= 15 is 8.78 Å². The number of benzene rings is 4. The second kappa shape index (κ2) is 14.1. The van der Waals surface area contributed by atoms with Crippen LogP contribution in [0.5, 0.6) is 23.0 Å². The van der Waals surface area contributed by atoms with E-state index in [2.05, 4.69) is 39.8 Å². The van der Waals surface area contributed by atoms with Crippen LogP contribution in [0.25, 0.3) is 0 Å². The van der Waals surface area contributed by atoms with Crippen LogP contribution in [0.3, 0.4) is 0 Å². The van der Waals surface area contributed by atoms with Gasteiger partial charge in [0, 0.05) is 41.9 Å². The number of carbonyl (C=O) groups is 4. The number of hydrogen-bond donors (Lipinski definition) is 0. The van der Waals surface area contributed by atoms with E-state index in [0.29, 0.717) is 24.3 Å². The van der Waals surface area contributed by atoms with E-state index in [1.54, 1.807) is 0 Å². The number of imide groups is 2. The first-order chi connectivity index (χ1) is 24.4. The van der Waals surface area contributed by atoms with Crippen molar-refractivity contribution in [1.29, 1.82) is 0 Å². The van der Waals surface area contributed by atoms with Gasteiger partial charge < -0.3 is 9.47 Å². The van der Waals surface area contributed by atoms with E-state index in [1.807, 2.05) is 24.3 Å². The van der Waals surface area contributed by atoms with Gasteiger partial charge in [0.25, 0.3) is 23.6 Å². The second-order valence-electron chi connectivity index (χ2n) is 12.9. The SMILES string of the molecule is CCCc1cc(C(C)(C)c2ccc(Oc3ccc(N4C(=O)C=CC4=O)c(F)c3)c(CCC)c2)ccc1Oc1ccc(N2C(=O)C=CC2=O)c(F)c1. The summed E-state index contributed by atoms with van der Waals surface area (Å²) < 4.78 is 42.4. The zero-order chi connectivity index (χ0) is 36.4. The first-order valence-electron chi connectivity index (χ1n) is 16.7. The number of aryl methyl sites for hydroxylation is 2. The average Bonchev–Trinajstić information content (AvgIpc) is 3.61. The number of rotatable bonds is 12. The quantitative estimate of drug-likeness (QED) is 0.138. The minimum atomic E-state index is -0.752. The second-order valence-corrected chi connectivity index (χ2v) is 12.9. The molecule has 0 aliphatic carbocycles. The highest BCUT2D eigenvalue weighted by Crippen LogP contribution is 2.39. The van der Waals surface area contributed by atoms with Crippen molar-refractivity contribution in [3.8, 4) is 23.0 Å². The van der Waals surface area contributed by atoms with Gasteiger partial charge in [-0.15, -0.1) is 0 Å². The van der Waals surface area contributed by atoms with E-state index < -0.39 is 40.7 Å². The van der Waals surface area contributed by atoms with Crippen molar-refractivity contribution >= 4 is 35.0 Å². The molecule has 4 aromatic carbocycles. The van der Waals surface area contributed by atoms with Crippen molar-refractivity contribution in [2.45, 2.75) is 58.8 Å². The van der Waals surface area contributed by atoms with Crippen LogP contribution in [0.15, 0.2) is 97.1 Å². The summed E-state index contributed by atoms with van der Waals surface area (Å²) in [6.07, 6.45) is 7.52. The molecule has 0 saturated heterocycles. The Balaban J connectivity index is 1.24. The van der Waals surface area contributed by atoms with Crippen LogP contribution < -0.4 is 19.3 Å². The van der Waals surface area contributed by atoms with Gasteiger partial charge in [-0.3, -0.25) is 19.2 Å². The molecule has 51 heavy (non-hydrogen) atoms. The van der Waals surface area contributed by atoms with Crippen LogP contribution in [0.1, 0.15) is 62.8 Å². The number of carbonyl (C=O) groups excluding carboxylic acids is 4. The number of amides is 4. The molecule has 0 aromatic heterocycles. The van der Waals surface area contributed by atoms with Crippen molar-refractivity contribution < 1.29 is 37.4 Å². The Morgan fingerprint density at radius 2 is 0.922 bits per heavy atom. The van der Waals surface area contributed by atoms with Gasteiger partial charge in [-0.1, -0.05) is 64.8 Å². The maximum Gasteiger partial charge on any atom is 0.258 e. The molecule has 8 nitrogen and oxygen atoms in total. The Morgan fingerprint density at radius 1 is 0.549 bits per heavy atom. The normalized spacial score (nSPS) is 14.3. The van der Waals surface area contributed by atoms with Crippen LogP contribution in [-0.2, 0) is 37.4 Å². The number of halogens is 2. The van der Waals surface area contributed by atoms with Crippen molar-refractivity contribution in [1.82, 2.24) is 0 Å². The fourth-order valence-electron chi connectivity index (χ4n) is 6.23. The van der Waals surface area contributed by atoms with E-state index in [9.17, 15) is 19.2 Å². The molecule has 0 fully saturated rings. The molecular formula is C41H36F2N2O6. The Hall–Kier alpha value is -5.90. The summed E-state index contributed by atoms with van der Waals surface area (Å²) >= 11 is 0. The van der Waals surface area contributed by atoms with E-state index in [4.69, 9.17) is 9.47 Å². The maximum atomic E-state index is 15.1. The zero-order valence-corrected chi connectivity index (χ0v) is 28.7. The number of anilines is 2. The van der Waals surface area contributed by atoms with Crippen molar-refractivity contribution in [3.05, 3.63) is 131 Å². The van der Waals surface area contributed by atoms with Crippen molar-refractivity contribution in [2.75, 3.05) is 9.80 Å². The standard InChI is InChI=1S/C41H36F2N2O6/c1-5-7-25-21-27(9-15-35(25)50-29-11-13-33(31(42)23-29)44-37(46)17-18-38(44)47)41(3,4)28-10-16-36(26(22-28)8-6-2)51-30-12-14-34(32(43)24-30)45-39(48)19-20-40(45)49/h9-24H,5-8H2,1-4H3. The van der Waals surface area contributed by atoms with Gasteiger partial charge in [0.05, 0.1) is 11.4 Å². The Bertz CT molecular complexity index is 1950. The van der Waals surface area contributed by atoms with Gasteiger partial charge in [-0.2, -0.15) is 0 Å². The van der Waals surface area contributed by atoms with Crippen LogP contribution in [0, 0.1) is 11.6 Å². The van der Waals surface area contributed by atoms with E-state index in [0.717, 1.165) is 81.3 Å². The third-order valence-electron chi connectivity index (χ3n) is 9.00. The molecule has 4 amide bonds. The van der Waals surface area contributed by atoms with Gasteiger partial charge in [-0.25, -0.2) is 18.6 Å². The van der Waals surface area contributed by atoms with Gasteiger partial charge >= 0.3 is 0 Å². The first-order valence-corrected chi connectivity index (χ1v) is 16.7. The molecule has 260 valence electrons. The van der Waals surface area contributed by atoms with Gasteiger partial charge in [0.15, 0.2) is 11.6 Å². The molecule has 6 rings (SSSR count). The topological polar surface area (TPSA) is 93.2 Å². The summed E-state index contributed by atoms with van der Waals surface area (Å²) in [5.41, 5.74) is 3.23. The maximum absolute atomic E-state index is 15.1. The third-order valence-corrected chi connectivity index (χ3v) is 9.00. The Morgan fingerprint density at radius 3 is 1.25 bits per heavy atom. The Labute approximate surface area is 294 Å². The lowest BCUT2D eigenvalue weighted by atomic mass is 9.76. The van der Waals surface area contributed by atoms with Crippen LogP contribution in [-0.4, -0.2) is 23.6 Å². The summed E-state index contributed by atoms with van der Waals surface area (Å²) in [6, 6.07) is 20.0. The molecule has 2 heterocycles. The molecular weight excluding hydrogens is 654 g/mol. The molecule has 2 aliphatic rings. The lowest BCUT2D eigenvalue weighted by Crippen LogP contribution is -2.30. The molecule has 0 saturated carbocycles. The minimum absolute atomic E-state index is 0.136. The predicted molar refractivity (Wildman–Crippen MR) is 189 cm³/mol. The van der Waals surface area contributed by atoms with Gasteiger partial charge in [-0.05, 0) is 71.5 Å². The molecule has 2 aliphatic heterocycles. The molecule has 0 radical (unpaired) electrons. The minimum Gasteiger partial charge on any atom is -0.457 e. The highest BCUT2D eigenvalue weighted by Gasteiger charge is 2.30. The number of hydrogen-bond acceptors (Lipinski definition) is 6. The monoisotopic (exact) mass is 690 g/mol. The lowest BCUT2D eigenvalue weighted by molar-refractivity contribution is -0.121. The largest absolute Gasteiger partial charge is 0.457 e. The molecule has 0 bridgehead atoms. The summed E-state index contributed by atoms with van der Waals surface area (Å²) in [7, 11) is 0. The smallest absolute Gasteiger partial charge is 0.258 e. The molecule has 0 N–H and O–H groups in total. The number of nitrogens with zero attached hydrogens (tertiary/aromatic N) is 2. The first kappa shape index (κ1) is 34.9. The van der Waals surface area contributed by atoms with E-state index in [1.165, 1.54) is 24.3 Å². The number of ether oxygens (including phenoxy) is 2. The average molecular weight is 691 g/mol. The van der Waals surface area contributed by atoms with Crippen LogP contribution >= 0.6 is 0 Å². The highest BCUT2D eigenvalue weighted by molar-refractivity contribution is 6.28. The lowest BCUT2D eigenvalue weighted by Gasteiger charge is -2.28. The molecule has 4 aromatic rings. The predicted octanol–water partition coefficient (Wildman–Crippen LogP) is 8.64.